The lowest BCUT2D eigenvalue weighted by atomic mass is 10.2. The van der Waals surface area contributed by atoms with Crippen LogP contribution in [0.1, 0.15) is 23.2 Å². The van der Waals surface area contributed by atoms with Crippen LogP contribution in [0.4, 0.5) is 16.0 Å². The number of nitrogens with zero attached hydrogens (tertiary/aromatic N) is 5. The summed E-state index contributed by atoms with van der Waals surface area (Å²) < 4.78 is 14.5. The Kier molecular flexibility index (Phi) is 5.33. The maximum atomic E-state index is 13.5. The summed E-state index contributed by atoms with van der Waals surface area (Å²) in [5.41, 5.74) is 4.94. The number of rotatable bonds is 5. The molecule has 0 spiro atoms. The third-order valence-electron chi connectivity index (χ3n) is 5.53. The normalized spacial score (nSPS) is 16.8. The molecule has 0 bridgehead atoms. The predicted octanol–water partition coefficient (Wildman–Crippen LogP) is 5.05. The van der Waals surface area contributed by atoms with Gasteiger partial charge in [-0.15, -0.1) is 11.3 Å². The molecule has 1 aliphatic rings. The maximum Gasteiger partial charge on any atom is 0.143 e. The van der Waals surface area contributed by atoms with E-state index in [0.29, 0.717) is 25.3 Å². The molecule has 1 fully saturated rings. The van der Waals surface area contributed by atoms with Gasteiger partial charge in [-0.3, -0.25) is 9.88 Å². The van der Waals surface area contributed by atoms with E-state index in [1.165, 1.54) is 0 Å². The predicted molar refractivity (Wildman–Crippen MR) is 122 cm³/mol. The molecule has 4 aromatic rings. The molecule has 158 valence electrons. The quantitative estimate of drug-likeness (QED) is 0.474. The van der Waals surface area contributed by atoms with Crippen LogP contribution < -0.4 is 5.32 Å². The van der Waals surface area contributed by atoms with Gasteiger partial charge in [-0.05, 0) is 43.5 Å². The topological polar surface area (TPSA) is 66.8 Å². The van der Waals surface area contributed by atoms with E-state index in [0.717, 1.165) is 50.1 Å². The lowest BCUT2D eigenvalue weighted by Crippen LogP contribution is -2.21. The largest absolute Gasteiger partial charge is 0.325 e. The first-order valence-electron chi connectivity index (χ1n) is 10.3. The highest BCUT2D eigenvalue weighted by molar-refractivity contribution is 7.21. The van der Waals surface area contributed by atoms with Gasteiger partial charge >= 0.3 is 0 Å². The van der Waals surface area contributed by atoms with Crippen LogP contribution in [0, 0.1) is 13.8 Å². The molecule has 0 saturated carbocycles. The molecule has 0 unspecified atom stereocenters. The van der Waals surface area contributed by atoms with Gasteiger partial charge in [0.15, 0.2) is 0 Å². The van der Waals surface area contributed by atoms with Crippen molar-refractivity contribution in [1.29, 1.82) is 0 Å². The number of likely N-dealkylation sites (tertiary alicyclic amines) is 1. The number of anilines is 2. The van der Waals surface area contributed by atoms with Crippen LogP contribution in [0.5, 0.6) is 0 Å². The molecule has 0 aliphatic carbocycles. The molecule has 0 radical (unpaired) electrons. The van der Waals surface area contributed by atoms with Gasteiger partial charge < -0.3 is 5.32 Å². The number of aryl methyl sites for hydroxylation is 2. The summed E-state index contributed by atoms with van der Waals surface area (Å²) in [5, 5.41) is 4.18. The second-order valence-electron chi connectivity index (χ2n) is 7.93. The summed E-state index contributed by atoms with van der Waals surface area (Å²) in [6, 6.07) is 9.88. The van der Waals surface area contributed by atoms with Gasteiger partial charge in [0.1, 0.15) is 28.5 Å². The fourth-order valence-corrected chi connectivity index (χ4v) is 4.76. The summed E-state index contributed by atoms with van der Waals surface area (Å²) in [6.45, 7) is 6.00. The third kappa shape index (κ3) is 4.26. The molecule has 0 amide bonds. The number of thiazole rings is 1. The van der Waals surface area contributed by atoms with Crippen LogP contribution in [0.15, 0.2) is 42.7 Å². The zero-order valence-corrected chi connectivity index (χ0v) is 18.3. The Balaban J connectivity index is 1.38. The Morgan fingerprint density at radius 3 is 2.84 bits per heavy atom. The maximum absolute atomic E-state index is 13.5. The molecular formula is C23H23FN6S. The van der Waals surface area contributed by atoms with Gasteiger partial charge in [-0.2, -0.15) is 0 Å². The summed E-state index contributed by atoms with van der Waals surface area (Å²) in [7, 11) is 0. The number of aromatic nitrogens is 4. The summed E-state index contributed by atoms with van der Waals surface area (Å²) in [4.78, 5) is 20.6. The van der Waals surface area contributed by atoms with E-state index in [-0.39, 0.29) is 0 Å². The standard InChI is InChI=1S/C23H23FN6S/c1-14-5-6-20(27-18(14)13-30-9-7-16(24)12-30)29-21-10-17-19(11-26-21)31-23(28-17)22-15(2)4-3-8-25-22/h3-6,8,10-11,16H,7,9,12-13H2,1-2H3,(H,26,27,29)/t16-/m0/s1. The van der Waals surface area contributed by atoms with Crippen LogP contribution in [-0.4, -0.2) is 44.1 Å². The van der Waals surface area contributed by atoms with E-state index in [4.69, 9.17) is 9.97 Å². The molecule has 31 heavy (non-hydrogen) atoms. The van der Waals surface area contributed by atoms with Crippen LogP contribution in [0.2, 0.25) is 0 Å². The number of pyridine rings is 3. The first-order valence-corrected chi connectivity index (χ1v) is 11.2. The smallest absolute Gasteiger partial charge is 0.143 e. The summed E-state index contributed by atoms with van der Waals surface area (Å²) >= 11 is 1.59. The van der Waals surface area contributed by atoms with Crippen molar-refractivity contribution in [2.45, 2.75) is 33.0 Å². The molecule has 4 aromatic heterocycles. The van der Waals surface area contributed by atoms with Crippen LogP contribution in [-0.2, 0) is 6.54 Å². The van der Waals surface area contributed by atoms with E-state index >= 15 is 0 Å². The molecule has 1 aliphatic heterocycles. The van der Waals surface area contributed by atoms with E-state index < -0.39 is 6.17 Å². The Hall–Kier alpha value is -2.97. The van der Waals surface area contributed by atoms with Crippen molar-refractivity contribution in [3.05, 3.63) is 59.5 Å². The first-order chi connectivity index (χ1) is 15.0. The third-order valence-corrected chi connectivity index (χ3v) is 6.55. The molecule has 1 saturated heterocycles. The highest BCUT2D eigenvalue weighted by Crippen LogP contribution is 2.31. The fourth-order valence-electron chi connectivity index (χ4n) is 3.79. The van der Waals surface area contributed by atoms with E-state index in [9.17, 15) is 4.39 Å². The van der Waals surface area contributed by atoms with E-state index in [1.807, 2.05) is 50.4 Å². The Morgan fingerprint density at radius 2 is 2.03 bits per heavy atom. The van der Waals surface area contributed by atoms with Crippen molar-refractivity contribution < 1.29 is 4.39 Å². The highest BCUT2D eigenvalue weighted by Gasteiger charge is 2.22. The van der Waals surface area contributed by atoms with Gasteiger partial charge in [0.2, 0.25) is 0 Å². The average molecular weight is 435 g/mol. The molecule has 6 nitrogen and oxygen atoms in total. The number of fused-ring (bicyclic) bond motifs is 1. The monoisotopic (exact) mass is 434 g/mol. The van der Waals surface area contributed by atoms with E-state index in [1.54, 1.807) is 17.5 Å². The Bertz CT molecular complexity index is 1240. The lowest BCUT2D eigenvalue weighted by molar-refractivity contribution is 0.280. The summed E-state index contributed by atoms with van der Waals surface area (Å²) in [5.74, 6) is 1.41. The minimum Gasteiger partial charge on any atom is -0.325 e. The zero-order valence-electron chi connectivity index (χ0n) is 17.5. The van der Waals surface area contributed by atoms with Gasteiger partial charge in [-0.1, -0.05) is 12.1 Å². The number of halogens is 1. The average Bonchev–Trinajstić information content (AvgIpc) is 3.36. The molecular weight excluding hydrogens is 411 g/mol. The second-order valence-corrected chi connectivity index (χ2v) is 8.96. The lowest BCUT2D eigenvalue weighted by Gasteiger charge is -2.16. The molecule has 5 heterocycles. The van der Waals surface area contributed by atoms with Crippen LogP contribution >= 0.6 is 11.3 Å². The number of hydrogen-bond acceptors (Lipinski definition) is 7. The summed E-state index contributed by atoms with van der Waals surface area (Å²) in [6.07, 6.45) is 3.50. The highest BCUT2D eigenvalue weighted by atomic mass is 32.1. The van der Waals surface area contributed by atoms with Crippen molar-refractivity contribution in [2.75, 3.05) is 18.4 Å². The van der Waals surface area contributed by atoms with Crippen molar-refractivity contribution in [1.82, 2.24) is 24.8 Å². The van der Waals surface area contributed by atoms with E-state index in [2.05, 4.69) is 20.2 Å². The van der Waals surface area contributed by atoms with Crippen LogP contribution in [0.3, 0.4) is 0 Å². The molecule has 1 atom stereocenters. The minimum absolute atomic E-state index is 0.485. The molecule has 0 aromatic carbocycles. The van der Waals surface area contributed by atoms with Gasteiger partial charge in [-0.25, -0.2) is 19.3 Å². The Labute approximate surface area is 184 Å². The molecule has 8 heteroatoms. The fraction of sp³-hybridized carbons (Fsp3) is 0.304. The molecule has 1 N–H and O–H groups in total. The van der Waals surface area contributed by atoms with Gasteiger partial charge in [0.25, 0.3) is 0 Å². The first kappa shape index (κ1) is 20.0. The zero-order chi connectivity index (χ0) is 21.4. The van der Waals surface area contributed by atoms with Crippen molar-refractivity contribution in [2.24, 2.45) is 0 Å². The van der Waals surface area contributed by atoms with Gasteiger partial charge in [0, 0.05) is 38.1 Å². The second kappa shape index (κ2) is 8.28. The van der Waals surface area contributed by atoms with Crippen molar-refractivity contribution >= 4 is 33.2 Å². The van der Waals surface area contributed by atoms with Crippen molar-refractivity contribution in [3.63, 3.8) is 0 Å². The number of nitrogens with one attached hydrogen (secondary N) is 1. The minimum atomic E-state index is -0.726. The Morgan fingerprint density at radius 1 is 1.13 bits per heavy atom. The SMILES string of the molecule is Cc1ccc(Nc2cc3nc(-c4ncccc4C)sc3cn2)nc1CN1CC[C@H](F)C1. The number of alkyl halides is 1. The molecule has 5 rings (SSSR count). The van der Waals surface area contributed by atoms with Crippen LogP contribution in [0.25, 0.3) is 20.9 Å². The van der Waals surface area contributed by atoms with Gasteiger partial charge in [0.05, 0.1) is 15.9 Å². The van der Waals surface area contributed by atoms with Crippen molar-refractivity contribution in [3.8, 4) is 10.7 Å². The number of hydrogen-bond donors (Lipinski definition) is 1.